The molecule has 1 aromatic rings. The zero-order chi connectivity index (χ0) is 10.6. The maximum absolute atomic E-state index is 12.6. The minimum atomic E-state index is -1.07. The number of hydrogen-bond acceptors (Lipinski definition) is 3. The summed E-state index contributed by atoms with van der Waals surface area (Å²) in [5.74, 6) is -1.07. The second-order valence-electron chi connectivity index (χ2n) is 2.73. The Hall–Kier alpha value is -1.91. The van der Waals surface area contributed by atoms with Gasteiger partial charge < -0.3 is 11.1 Å². The summed E-state index contributed by atoms with van der Waals surface area (Å²) in [6.45, 7) is 0.296. The number of amides is 1. The lowest BCUT2D eigenvalue weighted by molar-refractivity contribution is -0.109. The van der Waals surface area contributed by atoms with Crippen molar-refractivity contribution in [3.8, 4) is 0 Å². The zero-order valence-electron chi connectivity index (χ0n) is 7.38. The molecule has 0 saturated heterocycles. The third kappa shape index (κ3) is 2.29. The van der Waals surface area contributed by atoms with E-state index < -0.39 is 5.97 Å². The molecule has 74 valence electrons. The average molecular weight is 195 g/mol. The van der Waals surface area contributed by atoms with E-state index in [1.807, 2.05) is 0 Å². The van der Waals surface area contributed by atoms with Crippen LogP contribution in [0.3, 0.4) is 0 Å². The molecule has 0 atom stereocenters. The quantitative estimate of drug-likeness (QED) is 0.377. The highest BCUT2D eigenvalue weighted by molar-refractivity contribution is 5.96. The predicted octanol–water partition coefficient (Wildman–Crippen LogP) is 0.810. The number of halogens is 1. The Morgan fingerprint density at radius 2 is 2.36 bits per heavy atom. The van der Waals surface area contributed by atoms with Gasteiger partial charge in [-0.3, -0.25) is 10.2 Å². The van der Waals surface area contributed by atoms with Crippen molar-refractivity contribution in [2.24, 2.45) is 0 Å². The van der Waals surface area contributed by atoms with E-state index in [1.54, 1.807) is 6.07 Å². The van der Waals surface area contributed by atoms with E-state index >= 15 is 0 Å². The average Bonchev–Trinajstić information content (AvgIpc) is 2.16. The normalized spacial score (nSPS) is 9.50. The molecule has 4 N–H and O–H groups in total. The molecule has 1 aromatic carbocycles. The fourth-order valence-corrected chi connectivity index (χ4v) is 1.06. The zero-order valence-corrected chi connectivity index (χ0v) is 7.38. The van der Waals surface area contributed by atoms with Gasteiger partial charge in [-0.15, -0.1) is 0 Å². The van der Waals surface area contributed by atoms with Gasteiger partial charge in [0, 0.05) is 12.2 Å². The van der Waals surface area contributed by atoms with Crippen molar-refractivity contribution in [2.45, 2.75) is 6.54 Å². The molecule has 0 saturated carbocycles. The van der Waals surface area contributed by atoms with Crippen LogP contribution in [0.2, 0.25) is 0 Å². The minimum Gasteiger partial charge on any atom is -0.398 e. The topological polar surface area (TPSA) is 79.0 Å². The molecule has 0 aromatic heterocycles. The molecule has 0 bridgehead atoms. The standard InChI is InChI=1S/C9H10FN3O/c10-9(12)7-3-6(4-13-5-14)1-2-8(7)11/h1-3,5,12H,4,11H2,(H,13,14). The molecule has 0 aliphatic carbocycles. The molecule has 4 nitrogen and oxygen atoms in total. The van der Waals surface area contributed by atoms with Crippen molar-refractivity contribution in [1.29, 1.82) is 5.41 Å². The van der Waals surface area contributed by atoms with Crippen LogP contribution >= 0.6 is 0 Å². The molecule has 0 fully saturated rings. The van der Waals surface area contributed by atoms with Crippen LogP contribution in [0.25, 0.3) is 0 Å². The Balaban J connectivity index is 2.94. The van der Waals surface area contributed by atoms with E-state index in [-0.39, 0.29) is 11.3 Å². The van der Waals surface area contributed by atoms with Gasteiger partial charge in [-0.25, -0.2) is 0 Å². The van der Waals surface area contributed by atoms with Gasteiger partial charge in [0.25, 0.3) is 0 Å². The molecule has 0 aliphatic rings. The Bertz CT molecular complexity index is 365. The number of rotatable bonds is 4. The number of anilines is 1. The van der Waals surface area contributed by atoms with Gasteiger partial charge in [0.1, 0.15) is 0 Å². The maximum atomic E-state index is 12.6. The second-order valence-corrected chi connectivity index (χ2v) is 2.73. The van der Waals surface area contributed by atoms with Crippen LogP contribution in [0.1, 0.15) is 11.1 Å². The van der Waals surface area contributed by atoms with Gasteiger partial charge in [-0.2, -0.15) is 4.39 Å². The van der Waals surface area contributed by atoms with Crippen molar-refractivity contribution < 1.29 is 9.18 Å². The first-order valence-corrected chi connectivity index (χ1v) is 3.95. The van der Waals surface area contributed by atoms with E-state index in [4.69, 9.17) is 11.1 Å². The molecule has 14 heavy (non-hydrogen) atoms. The molecule has 0 heterocycles. The highest BCUT2D eigenvalue weighted by Crippen LogP contribution is 2.15. The van der Waals surface area contributed by atoms with Gasteiger partial charge in [0.15, 0.2) is 0 Å². The summed E-state index contributed by atoms with van der Waals surface area (Å²) in [6, 6.07) is 4.61. The SMILES string of the molecule is N=C(F)c1cc(CNC=O)ccc1N. The van der Waals surface area contributed by atoms with Crippen LogP contribution in [-0.2, 0) is 11.3 Å². The van der Waals surface area contributed by atoms with Gasteiger partial charge in [0.2, 0.25) is 12.4 Å². The van der Waals surface area contributed by atoms with Gasteiger partial charge in [-0.05, 0) is 17.7 Å². The fourth-order valence-electron chi connectivity index (χ4n) is 1.06. The van der Waals surface area contributed by atoms with Crippen LogP contribution in [0, 0.1) is 5.41 Å². The van der Waals surface area contributed by atoms with E-state index in [0.717, 1.165) is 0 Å². The van der Waals surface area contributed by atoms with Gasteiger partial charge in [0.05, 0.1) is 5.56 Å². The van der Waals surface area contributed by atoms with Crippen molar-refractivity contribution in [3.63, 3.8) is 0 Å². The lowest BCUT2D eigenvalue weighted by atomic mass is 10.1. The predicted molar refractivity (Wildman–Crippen MR) is 51.7 cm³/mol. The number of carbonyl (C=O) groups is 1. The smallest absolute Gasteiger partial charge is 0.214 e. The second kappa shape index (κ2) is 4.36. The lowest BCUT2D eigenvalue weighted by Crippen LogP contribution is -2.10. The van der Waals surface area contributed by atoms with Crippen LogP contribution in [-0.4, -0.2) is 12.4 Å². The Labute approximate surface area is 80.4 Å². The highest BCUT2D eigenvalue weighted by Gasteiger charge is 2.05. The number of nitrogens with one attached hydrogen (secondary N) is 2. The lowest BCUT2D eigenvalue weighted by Gasteiger charge is -2.04. The molecule has 1 rings (SSSR count). The molecule has 5 heteroatoms. The number of benzene rings is 1. The molecule has 0 unspecified atom stereocenters. The summed E-state index contributed by atoms with van der Waals surface area (Å²) >= 11 is 0. The third-order valence-corrected chi connectivity index (χ3v) is 1.74. The van der Waals surface area contributed by atoms with Gasteiger partial charge in [-0.1, -0.05) is 6.07 Å². The Morgan fingerprint density at radius 3 is 2.93 bits per heavy atom. The number of carbonyl (C=O) groups excluding carboxylic acids is 1. The van der Waals surface area contributed by atoms with E-state index in [2.05, 4.69) is 5.32 Å². The fraction of sp³-hybridized carbons (Fsp3) is 0.111. The minimum absolute atomic E-state index is 0.0511. The summed E-state index contributed by atoms with van der Waals surface area (Å²) in [4.78, 5) is 10.0. The number of nitrogen functional groups attached to an aromatic ring is 1. The van der Waals surface area contributed by atoms with Crippen LogP contribution in [0.5, 0.6) is 0 Å². The first-order valence-electron chi connectivity index (χ1n) is 3.95. The summed E-state index contributed by atoms with van der Waals surface area (Å²) < 4.78 is 12.6. The number of nitrogens with two attached hydrogens (primary N) is 1. The van der Waals surface area contributed by atoms with E-state index in [1.165, 1.54) is 12.1 Å². The monoisotopic (exact) mass is 195 g/mol. The number of hydrogen-bond donors (Lipinski definition) is 3. The third-order valence-electron chi connectivity index (χ3n) is 1.74. The highest BCUT2D eigenvalue weighted by atomic mass is 19.1. The maximum Gasteiger partial charge on any atom is 0.214 e. The molecule has 0 spiro atoms. The molecular weight excluding hydrogens is 185 g/mol. The summed E-state index contributed by atoms with van der Waals surface area (Å²) in [7, 11) is 0. The van der Waals surface area contributed by atoms with Gasteiger partial charge >= 0.3 is 0 Å². The van der Waals surface area contributed by atoms with Crippen molar-refractivity contribution >= 4 is 18.1 Å². The van der Waals surface area contributed by atoms with Crippen LogP contribution in [0.15, 0.2) is 18.2 Å². The first-order chi connectivity index (χ1) is 6.65. The van der Waals surface area contributed by atoms with Crippen LogP contribution in [0.4, 0.5) is 10.1 Å². The van der Waals surface area contributed by atoms with Crippen LogP contribution < -0.4 is 11.1 Å². The first kappa shape index (κ1) is 10.2. The summed E-state index contributed by atoms with van der Waals surface area (Å²) in [5, 5.41) is 9.25. The van der Waals surface area contributed by atoms with Crippen molar-refractivity contribution in [1.82, 2.24) is 5.32 Å². The molecule has 0 aliphatic heterocycles. The van der Waals surface area contributed by atoms with E-state index in [9.17, 15) is 9.18 Å². The van der Waals surface area contributed by atoms with Crippen molar-refractivity contribution in [3.05, 3.63) is 29.3 Å². The summed E-state index contributed by atoms with van der Waals surface area (Å²) in [6.07, 6.45) is 0.552. The van der Waals surface area contributed by atoms with E-state index in [0.29, 0.717) is 18.5 Å². The molecular formula is C9H10FN3O. The molecule has 1 amide bonds. The van der Waals surface area contributed by atoms with Crippen molar-refractivity contribution in [2.75, 3.05) is 5.73 Å². The Morgan fingerprint density at radius 1 is 1.64 bits per heavy atom. The summed E-state index contributed by atoms with van der Waals surface area (Å²) in [5.41, 5.74) is 6.41. The largest absolute Gasteiger partial charge is 0.398 e. The Kier molecular flexibility index (Phi) is 3.17. The molecule has 0 radical (unpaired) electrons.